The van der Waals surface area contributed by atoms with Gasteiger partial charge in [0.1, 0.15) is 5.76 Å². The van der Waals surface area contributed by atoms with E-state index in [9.17, 15) is 9.59 Å². The molecule has 0 aliphatic carbocycles. The molecule has 132 valence electrons. The summed E-state index contributed by atoms with van der Waals surface area (Å²) in [6.07, 6.45) is 6.41. The van der Waals surface area contributed by atoms with Gasteiger partial charge in [-0.2, -0.15) is 0 Å². The van der Waals surface area contributed by atoms with E-state index in [0.29, 0.717) is 19.4 Å². The Hall–Kier alpha value is -2.01. The maximum absolute atomic E-state index is 12.8. The van der Waals surface area contributed by atoms with Gasteiger partial charge in [0, 0.05) is 42.3 Å². The molecule has 0 saturated carbocycles. The van der Waals surface area contributed by atoms with Crippen LogP contribution in [0.4, 0.5) is 0 Å². The third kappa shape index (κ3) is 4.54. The summed E-state index contributed by atoms with van der Waals surface area (Å²) in [7, 11) is 0. The van der Waals surface area contributed by atoms with Gasteiger partial charge in [-0.15, -0.1) is 11.8 Å². The fourth-order valence-electron chi connectivity index (χ4n) is 3.25. The van der Waals surface area contributed by atoms with E-state index in [4.69, 9.17) is 4.42 Å². The lowest BCUT2D eigenvalue weighted by Gasteiger charge is -2.32. The zero-order valence-electron chi connectivity index (χ0n) is 14.4. The van der Waals surface area contributed by atoms with Crippen LogP contribution in [-0.4, -0.2) is 35.9 Å². The molecule has 0 unspecified atom stereocenters. The monoisotopic (exact) mass is 357 g/mol. The first-order chi connectivity index (χ1) is 12.2. The number of amides is 1. The SMILES string of the molecule is CSc1ccc(C(=O)[C@@H]2CCCN(C(=O)CCc3ccco3)C2)cc1. The fourth-order valence-corrected chi connectivity index (χ4v) is 3.66. The van der Waals surface area contributed by atoms with Crippen molar-refractivity contribution in [3.63, 3.8) is 0 Å². The molecule has 25 heavy (non-hydrogen) atoms. The summed E-state index contributed by atoms with van der Waals surface area (Å²) in [6.45, 7) is 1.27. The van der Waals surface area contributed by atoms with E-state index in [1.165, 1.54) is 0 Å². The number of carbonyl (C=O) groups excluding carboxylic acids is 2. The number of likely N-dealkylation sites (tertiary alicyclic amines) is 1. The lowest BCUT2D eigenvalue weighted by molar-refractivity contribution is -0.132. The molecule has 4 nitrogen and oxygen atoms in total. The molecular weight excluding hydrogens is 334 g/mol. The van der Waals surface area contributed by atoms with Gasteiger partial charge in [-0.1, -0.05) is 12.1 Å². The lowest BCUT2D eigenvalue weighted by Crippen LogP contribution is -2.42. The van der Waals surface area contributed by atoms with Crippen LogP contribution in [0.25, 0.3) is 0 Å². The molecule has 5 heteroatoms. The van der Waals surface area contributed by atoms with Gasteiger partial charge in [0.25, 0.3) is 0 Å². The molecule has 0 spiro atoms. The molecule has 1 aromatic carbocycles. The lowest BCUT2D eigenvalue weighted by atomic mass is 9.90. The van der Waals surface area contributed by atoms with Crippen LogP contribution in [-0.2, 0) is 11.2 Å². The Balaban J connectivity index is 1.57. The Morgan fingerprint density at radius 1 is 1.24 bits per heavy atom. The Bertz CT molecular complexity index is 709. The highest BCUT2D eigenvalue weighted by atomic mass is 32.2. The second-order valence-corrected chi connectivity index (χ2v) is 7.23. The Morgan fingerprint density at radius 2 is 2.04 bits per heavy atom. The van der Waals surface area contributed by atoms with Crippen LogP contribution in [0.15, 0.2) is 52.0 Å². The van der Waals surface area contributed by atoms with E-state index in [1.54, 1.807) is 18.0 Å². The molecule has 2 aromatic rings. The van der Waals surface area contributed by atoms with Crippen LogP contribution < -0.4 is 0 Å². The minimum Gasteiger partial charge on any atom is -0.469 e. The number of furan rings is 1. The van der Waals surface area contributed by atoms with Gasteiger partial charge in [-0.25, -0.2) is 0 Å². The minimum atomic E-state index is -0.0959. The van der Waals surface area contributed by atoms with Gasteiger partial charge in [0.2, 0.25) is 5.91 Å². The quantitative estimate of drug-likeness (QED) is 0.578. The van der Waals surface area contributed by atoms with Crippen LogP contribution in [0.3, 0.4) is 0 Å². The molecular formula is C20H23NO3S. The zero-order chi connectivity index (χ0) is 17.6. The van der Waals surface area contributed by atoms with Gasteiger partial charge in [-0.05, 0) is 43.4 Å². The summed E-state index contributed by atoms with van der Waals surface area (Å²) in [5.74, 6) is 0.983. The van der Waals surface area contributed by atoms with E-state index in [-0.39, 0.29) is 17.6 Å². The number of thioether (sulfide) groups is 1. The molecule has 1 saturated heterocycles. The minimum absolute atomic E-state index is 0.0959. The van der Waals surface area contributed by atoms with E-state index in [0.717, 1.165) is 35.6 Å². The smallest absolute Gasteiger partial charge is 0.223 e. The van der Waals surface area contributed by atoms with Crippen LogP contribution in [0.5, 0.6) is 0 Å². The molecule has 1 aromatic heterocycles. The van der Waals surface area contributed by atoms with Crippen molar-refractivity contribution in [3.8, 4) is 0 Å². The van der Waals surface area contributed by atoms with Crippen molar-refractivity contribution in [2.75, 3.05) is 19.3 Å². The number of piperidine rings is 1. The van der Waals surface area contributed by atoms with Crippen LogP contribution in [0.1, 0.15) is 35.4 Å². The first-order valence-electron chi connectivity index (χ1n) is 8.66. The maximum Gasteiger partial charge on any atom is 0.223 e. The molecule has 1 atom stereocenters. The molecule has 0 N–H and O–H groups in total. The molecule has 0 bridgehead atoms. The van der Waals surface area contributed by atoms with Crippen molar-refractivity contribution in [1.29, 1.82) is 0 Å². The third-order valence-electron chi connectivity index (χ3n) is 4.68. The standard InChI is InChI=1S/C20H23NO3S/c1-25-18-9-6-15(7-10-18)20(23)16-4-2-12-21(14-16)19(22)11-8-17-5-3-13-24-17/h3,5-7,9-10,13,16H,2,4,8,11-12,14H2,1H3/t16-/m1/s1. The van der Waals surface area contributed by atoms with E-state index < -0.39 is 0 Å². The van der Waals surface area contributed by atoms with Gasteiger partial charge in [-0.3, -0.25) is 9.59 Å². The second-order valence-electron chi connectivity index (χ2n) is 6.35. The number of Topliss-reactive ketones (excluding diaryl/α,β-unsaturated/α-hetero) is 1. The second kappa shape index (κ2) is 8.39. The highest BCUT2D eigenvalue weighted by Crippen LogP contribution is 2.23. The molecule has 1 aliphatic heterocycles. The molecule has 0 radical (unpaired) electrons. The van der Waals surface area contributed by atoms with Gasteiger partial charge >= 0.3 is 0 Å². The van der Waals surface area contributed by atoms with Crippen LogP contribution in [0, 0.1) is 5.92 Å². The highest BCUT2D eigenvalue weighted by Gasteiger charge is 2.28. The first kappa shape index (κ1) is 17.8. The highest BCUT2D eigenvalue weighted by molar-refractivity contribution is 7.98. The van der Waals surface area contributed by atoms with E-state index in [1.807, 2.05) is 47.6 Å². The topological polar surface area (TPSA) is 50.5 Å². The summed E-state index contributed by atoms with van der Waals surface area (Å²) in [4.78, 5) is 28.2. The average Bonchev–Trinajstić information content (AvgIpc) is 3.19. The molecule has 1 amide bonds. The Labute approximate surface area is 152 Å². The third-order valence-corrected chi connectivity index (χ3v) is 5.43. The predicted molar refractivity (Wildman–Crippen MR) is 98.9 cm³/mol. The van der Waals surface area contributed by atoms with Crippen molar-refractivity contribution >= 4 is 23.5 Å². The molecule has 1 aliphatic rings. The number of hydrogen-bond acceptors (Lipinski definition) is 4. The fraction of sp³-hybridized carbons (Fsp3) is 0.400. The average molecular weight is 357 g/mol. The van der Waals surface area contributed by atoms with Gasteiger partial charge in [0.05, 0.1) is 6.26 Å². The zero-order valence-corrected chi connectivity index (χ0v) is 15.3. The molecule has 3 rings (SSSR count). The van der Waals surface area contributed by atoms with Crippen molar-refractivity contribution in [2.24, 2.45) is 5.92 Å². The Kier molecular flexibility index (Phi) is 5.97. The molecule has 1 fully saturated rings. The largest absolute Gasteiger partial charge is 0.469 e. The van der Waals surface area contributed by atoms with Crippen LogP contribution in [0.2, 0.25) is 0 Å². The molecule has 2 heterocycles. The maximum atomic E-state index is 12.8. The summed E-state index contributed by atoms with van der Waals surface area (Å²) in [5.41, 5.74) is 0.743. The summed E-state index contributed by atoms with van der Waals surface area (Å²) >= 11 is 1.66. The van der Waals surface area contributed by atoms with Gasteiger partial charge in [0.15, 0.2) is 5.78 Å². The van der Waals surface area contributed by atoms with Gasteiger partial charge < -0.3 is 9.32 Å². The number of aryl methyl sites for hydroxylation is 1. The number of ketones is 1. The number of hydrogen-bond donors (Lipinski definition) is 0. The summed E-state index contributed by atoms with van der Waals surface area (Å²) in [6, 6.07) is 11.5. The normalized spacial score (nSPS) is 17.5. The number of carbonyl (C=O) groups is 2. The predicted octanol–water partition coefficient (Wildman–Crippen LogP) is 4.06. The van der Waals surface area contributed by atoms with Crippen LogP contribution >= 0.6 is 11.8 Å². The number of rotatable bonds is 6. The number of benzene rings is 1. The van der Waals surface area contributed by atoms with E-state index >= 15 is 0 Å². The van der Waals surface area contributed by atoms with Crippen molar-refractivity contribution in [1.82, 2.24) is 4.90 Å². The first-order valence-corrected chi connectivity index (χ1v) is 9.88. The summed E-state index contributed by atoms with van der Waals surface area (Å²) in [5, 5.41) is 0. The summed E-state index contributed by atoms with van der Waals surface area (Å²) < 4.78 is 5.28. The van der Waals surface area contributed by atoms with Crippen molar-refractivity contribution in [2.45, 2.75) is 30.6 Å². The van der Waals surface area contributed by atoms with E-state index in [2.05, 4.69) is 0 Å². The van der Waals surface area contributed by atoms with Crippen molar-refractivity contribution < 1.29 is 14.0 Å². The Morgan fingerprint density at radius 3 is 2.72 bits per heavy atom. The van der Waals surface area contributed by atoms with Crippen molar-refractivity contribution in [3.05, 3.63) is 54.0 Å². The number of nitrogens with zero attached hydrogens (tertiary/aromatic N) is 1.